The molecule has 7 atom stereocenters. The van der Waals surface area contributed by atoms with E-state index in [1.165, 1.54) is 83.5 Å². The molecule has 0 amide bonds. The van der Waals surface area contributed by atoms with Gasteiger partial charge in [0.15, 0.2) is 6.10 Å². The normalized spacial score (nSPS) is 20.2. The maximum atomic E-state index is 12.8. The van der Waals surface area contributed by atoms with Crippen LogP contribution in [0.4, 0.5) is 0 Å². The van der Waals surface area contributed by atoms with Crippen LogP contribution in [0.2, 0.25) is 0 Å². The van der Waals surface area contributed by atoms with E-state index in [9.17, 15) is 34.4 Å². The molecular weight excluding hydrogens is 797 g/mol. The van der Waals surface area contributed by atoms with Crippen molar-refractivity contribution in [2.45, 2.75) is 224 Å². The van der Waals surface area contributed by atoms with Crippen molar-refractivity contribution in [3.05, 3.63) is 12.2 Å². The summed E-state index contributed by atoms with van der Waals surface area (Å²) in [6.45, 7) is 3.91. The van der Waals surface area contributed by atoms with Crippen LogP contribution < -0.4 is 4.89 Å². The number of carbonyl (C=O) groups is 2. The number of esters is 2. The number of aliphatic hydroxyl groups excluding tert-OH is 3. The Labute approximate surface area is 372 Å². The van der Waals surface area contributed by atoms with Gasteiger partial charge in [-0.2, -0.15) is 0 Å². The number of rotatable bonds is 41. The SMILES string of the molecule is CCCCCCCCCCCCCCCCCCCC(=O)OC[C@H](COP(=O)([O-])OCC[N+](C)(C)C)OC(=O)CCCCCC[C@@H]1[C@@H](/C=C/[C@@H](O)CCCCC)[C@H](O)C[C@@H]1O. The van der Waals surface area contributed by atoms with Gasteiger partial charge in [0.2, 0.25) is 0 Å². The number of nitrogens with zero attached hydrogens (tertiary/aromatic N) is 1. The Morgan fingerprint density at radius 2 is 1.18 bits per heavy atom. The number of phosphoric ester groups is 1. The predicted molar refractivity (Wildman–Crippen MR) is 243 cm³/mol. The topological polar surface area (TPSA) is 172 Å². The zero-order valence-corrected chi connectivity index (χ0v) is 40.3. The summed E-state index contributed by atoms with van der Waals surface area (Å²) in [5, 5.41) is 31.5. The van der Waals surface area contributed by atoms with E-state index in [1.807, 2.05) is 27.2 Å². The number of hydrogen-bond acceptors (Lipinski definition) is 11. The Hall–Kier alpha value is -1.37. The first-order valence-corrected chi connectivity index (χ1v) is 26.1. The number of aliphatic hydroxyl groups is 3. The third kappa shape index (κ3) is 32.9. The Balaban J connectivity index is 2.41. The summed E-state index contributed by atoms with van der Waals surface area (Å²) in [4.78, 5) is 37.9. The lowest BCUT2D eigenvalue weighted by atomic mass is 9.88. The molecule has 0 aromatic heterocycles. The standard InChI is InChI=1S/C48H92NO11P/c1-6-8-10-11-12-13-14-15-16-17-18-19-20-21-22-23-28-32-47(53)57-39-42(40-59-61(55,56)58-37-36-49(3,4)5)60-48(54)33-29-25-24-27-31-43-44(46(52)38-45(43)51)35-34-41(50)30-26-9-7-2/h34-35,41-46,50-52H,6-33,36-40H2,1-5H3/b35-34+/t41-,42+,43+,44+,45-,46+/m0/s1. The van der Waals surface area contributed by atoms with Crippen molar-refractivity contribution in [3.63, 3.8) is 0 Å². The van der Waals surface area contributed by atoms with Crippen LogP contribution in [0.1, 0.15) is 200 Å². The van der Waals surface area contributed by atoms with Crippen molar-refractivity contribution >= 4 is 19.8 Å². The lowest BCUT2D eigenvalue weighted by Gasteiger charge is -2.28. The highest BCUT2D eigenvalue weighted by molar-refractivity contribution is 7.45. The highest BCUT2D eigenvalue weighted by Crippen LogP contribution is 2.39. The fourth-order valence-corrected chi connectivity index (χ4v) is 8.72. The molecule has 0 aliphatic heterocycles. The first kappa shape index (κ1) is 57.6. The number of ether oxygens (including phenoxy) is 2. The summed E-state index contributed by atoms with van der Waals surface area (Å²) in [6, 6.07) is 0. The van der Waals surface area contributed by atoms with Gasteiger partial charge in [0.05, 0.1) is 46.1 Å². The molecule has 0 bridgehead atoms. The molecule has 3 N–H and O–H groups in total. The smallest absolute Gasteiger partial charge is 0.306 e. The van der Waals surface area contributed by atoms with Crippen molar-refractivity contribution in [2.75, 3.05) is 47.5 Å². The fourth-order valence-electron chi connectivity index (χ4n) is 7.99. The third-order valence-electron chi connectivity index (χ3n) is 11.9. The van der Waals surface area contributed by atoms with Gasteiger partial charge in [-0.05, 0) is 31.6 Å². The maximum absolute atomic E-state index is 12.8. The molecule has 0 aromatic rings. The molecule has 0 spiro atoms. The van der Waals surface area contributed by atoms with Crippen molar-refractivity contribution < 1.29 is 57.4 Å². The molecular formula is C48H92NO11P. The van der Waals surface area contributed by atoms with E-state index in [-0.39, 0.29) is 37.9 Å². The van der Waals surface area contributed by atoms with Gasteiger partial charge < -0.3 is 43.2 Å². The van der Waals surface area contributed by atoms with Crippen LogP contribution in [0.15, 0.2) is 12.2 Å². The van der Waals surface area contributed by atoms with E-state index in [1.54, 1.807) is 6.08 Å². The molecule has 12 nitrogen and oxygen atoms in total. The molecule has 1 aliphatic carbocycles. The number of unbranched alkanes of at least 4 members (excludes halogenated alkanes) is 21. The molecule has 1 aliphatic rings. The Morgan fingerprint density at radius 3 is 1.72 bits per heavy atom. The maximum Gasteiger partial charge on any atom is 0.306 e. The zero-order valence-electron chi connectivity index (χ0n) is 39.5. The van der Waals surface area contributed by atoms with Crippen LogP contribution in [-0.4, -0.2) is 104 Å². The van der Waals surface area contributed by atoms with Crippen LogP contribution in [0.5, 0.6) is 0 Å². The number of carbonyl (C=O) groups excluding carboxylic acids is 2. The molecule has 1 saturated carbocycles. The average Bonchev–Trinajstić information content (AvgIpc) is 3.47. The van der Waals surface area contributed by atoms with Gasteiger partial charge >= 0.3 is 11.9 Å². The minimum atomic E-state index is -4.69. The first-order chi connectivity index (χ1) is 29.2. The monoisotopic (exact) mass is 890 g/mol. The van der Waals surface area contributed by atoms with Crippen molar-refractivity contribution in [2.24, 2.45) is 11.8 Å². The molecule has 13 heteroatoms. The van der Waals surface area contributed by atoms with E-state index >= 15 is 0 Å². The van der Waals surface area contributed by atoms with Crippen LogP contribution >= 0.6 is 7.82 Å². The Kier molecular flexibility index (Phi) is 33.9. The average molecular weight is 890 g/mol. The van der Waals surface area contributed by atoms with Crippen molar-refractivity contribution in [1.82, 2.24) is 0 Å². The summed E-state index contributed by atoms with van der Waals surface area (Å²) in [5.41, 5.74) is 0. The van der Waals surface area contributed by atoms with E-state index in [0.717, 1.165) is 64.2 Å². The lowest BCUT2D eigenvalue weighted by Crippen LogP contribution is -2.37. The second-order valence-corrected chi connectivity index (χ2v) is 20.2. The van der Waals surface area contributed by atoms with Crippen LogP contribution in [0.25, 0.3) is 0 Å². The molecule has 0 saturated heterocycles. The van der Waals surface area contributed by atoms with Gasteiger partial charge in [0.1, 0.15) is 19.8 Å². The van der Waals surface area contributed by atoms with Crippen LogP contribution in [-0.2, 0) is 32.7 Å². The number of phosphoric acid groups is 1. The highest BCUT2D eigenvalue weighted by atomic mass is 31.2. The molecule has 1 fully saturated rings. The minimum absolute atomic E-state index is 0.0665. The fraction of sp³-hybridized carbons (Fsp3) is 0.917. The number of hydrogen-bond donors (Lipinski definition) is 3. The third-order valence-corrected chi connectivity index (χ3v) is 12.9. The molecule has 0 heterocycles. The molecule has 0 aromatic carbocycles. The molecule has 1 unspecified atom stereocenters. The van der Waals surface area contributed by atoms with Gasteiger partial charge in [-0.3, -0.25) is 14.2 Å². The van der Waals surface area contributed by atoms with Crippen LogP contribution in [0.3, 0.4) is 0 Å². The molecule has 61 heavy (non-hydrogen) atoms. The van der Waals surface area contributed by atoms with Gasteiger partial charge in [0, 0.05) is 25.2 Å². The van der Waals surface area contributed by atoms with Gasteiger partial charge in [-0.15, -0.1) is 0 Å². The van der Waals surface area contributed by atoms with Crippen molar-refractivity contribution in [3.8, 4) is 0 Å². The van der Waals surface area contributed by atoms with Gasteiger partial charge in [0.25, 0.3) is 7.82 Å². The summed E-state index contributed by atoms with van der Waals surface area (Å²) in [6.07, 6.45) is 30.1. The molecule has 0 radical (unpaired) electrons. The lowest BCUT2D eigenvalue weighted by molar-refractivity contribution is -0.870. The quantitative estimate of drug-likeness (QED) is 0.0175. The van der Waals surface area contributed by atoms with Crippen LogP contribution in [0, 0.1) is 11.8 Å². The van der Waals surface area contributed by atoms with Gasteiger partial charge in [-0.1, -0.05) is 167 Å². The number of quaternary nitrogens is 1. The summed E-state index contributed by atoms with van der Waals surface area (Å²) < 4.78 is 34.0. The number of likely N-dealkylation sites (N-methyl/N-ethyl adjacent to an activating group) is 1. The van der Waals surface area contributed by atoms with E-state index in [0.29, 0.717) is 36.7 Å². The first-order valence-electron chi connectivity index (χ1n) is 24.7. The summed E-state index contributed by atoms with van der Waals surface area (Å²) in [7, 11) is 1.04. The molecule has 360 valence electrons. The summed E-state index contributed by atoms with van der Waals surface area (Å²) in [5.74, 6) is -1.26. The highest BCUT2D eigenvalue weighted by Gasteiger charge is 2.39. The predicted octanol–water partition coefficient (Wildman–Crippen LogP) is 9.89. The van der Waals surface area contributed by atoms with E-state index < -0.39 is 50.8 Å². The van der Waals surface area contributed by atoms with E-state index in [4.69, 9.17) is 18.5 Å². The Bertz CT molecular complexity index is 1160. The van der Waals surface area contributed by atoms with Crippen molar-refractivity contribution in [1.29, 1.82) is 0 Å². The second-order valence-electron chi connectivity index (χ2n) is 18.8. The molecule has 1 rings (SSSR count). The second kappa shape index (κ2) is 35.9. The van der Waals surface area contributed by atoms with E-state index in [2.05, 4.69) is 13.8 Å². The largest absolute Gasteiger partial charge is 0.756 e. The summed E-state index contributed by atoms with van der Waals surface area (Å²) >= 11 is 0. The minimum Gasteiger partial charge on any atom is -0.756 e. The Morgan fingerprint density at radius 1 is 0.689 bits per heavy atom. The zero-order chi connectivity index (χ0) is 45.2. The van der Waals surface area contributed by atoms with Gasteiger partial charge in [-0.25, -0.2) is 0 Å².